The van der Waals surface area contributed by atoms with Crippen molar-refractivity contribution in [2.45, 2.75) is 19.8 Å². The third kappa shape index (κ3) is 3.84. The Balaban J connectivity index is 1.79. The number of benzene rings is 1. The van der Waals surface area contributed by atoms with Crippen molar-refractivity contribution in [2.24, 2.45) is 0 Å². The lowest BCUT2D eigenvalue weighted by atomic mass is 10.1. The molecule has 20 heavy (non-hydrogen) atoms. The Hall–Kier alpha value is -1.81. The minimum absolute atomic E-state index is 0.125. The molecule has 0 fully saturated rings. The fourth-order valence-electron chi connectivity index (χ4n) is 2.22. The van der Waals surface area contributed by atoms with Gasteiger partial charge in [-0.05, 0) is 31.6 Å². The first-order chi connectivity index (χ1) is 9.70. The second kappa shape index (κ2) is 7.10. The second-order valence-corrected chi connectivity index (χ2v) is 5.11. The molecule has 4 nitrogen and oxygen atoms in total. The summed E-state index contributed by atoms with van der Waals surface area (Å²) < 4.78 is 0. The van der Waals surface area contributed by atoms with Crippen LogP contribution in [-0.4, -0.2) is 42.5 Å². The molecule has 0 spiro atoms. The van der Waals surface area contributed by atoms with Crippen molar-refractivity contribution in [1.29, 1.82) is 0 Å². The van der Waals surface area contributed by atoms with E-state index in [-0.39, 0.29) is 5.91 Å². The average Bonchev–Trinajstić information content (AvgIpc) is 2.88. The van der Waals surface area contributed by atoms with E-state index in [1.165, 1.54) is 10.9 Å². The van der Waals surface area contributed by atoms with E-state index in [1.54, 1.807) is 0 Å². The number of aryl methyl sites for hydroxylation is 1. The summed E-state index contributed by atoms with van der Waals surface area (Å²) >= 11 is 0. The maximum Gasteiger partial charge on any atom is 0.220 e. The molecule has 2 aromatic rings. The van der Waals surface area contributed by atoms with Crippen molar-refractivity contribution in [2.75, 3.05) is 26.7 Å². The molecule has 1 heterocycles. The Morgan fingerprint density at radius 3 is 2.95 bits per heavy atom. The first-order valence-corrected chi connectivity index (χ1v) is 7.21. The van der Waals surface area contributed by atoms with Crippen LogP contribution >= 0.6 is 0 Å². The van der Waals surface area contributed by atoms with Crippen LogP contribution in [-0.2, 0) is 11.2 Å². The van der Waals surface area contributed by atoms with Crippen LogP contribution in [0.2, 0.25) is 0 Å². The van der Waals surface area contributed by atoms with Crippen molar-refractivity contribution < 1.29 is 4.79 Å². The predicted molar refractivity (Wildman–Crippen MR) is 82.8 cm³/mol. The summed E-state index contributed by atoms with van der Waals surface area (Å²) in [4.78, 5) is 17.2. The number of carbonyl (C=O) groups excluding carboxylic acids is 1. The highest BCUT2D eigenvalue weighted by Gasteiger charge is 2.06. The normalized spacial score (nSPS) is 11.2. The molecule has 0 aliphatic carbocycles. The largest absolute Gasteiger partial charge is 0.361 e. The van der Waals surface area contributed by atoms with Crippen molar-refractivity contribution in [1.82, 2.24) is 15.2 Å². The third-order valence-corrected chi connectivity index (χ3v) is 3.65. The molecule has 2 N–H and O–H groups in total. The molecule has 0 saturated heterocycles. The number of para-hydroxylation sites is 1. The second-order valence-electron chi connectivity index (χ2n) is 5.11. The number of likely N-dealkylation sites (N-methyl/N-ethyl adjacent to an activating group) is 1. The number of rotatable bonds is 7. The van der Waals surface area contributed by atoms with E-state index in [4.69, 9.17) is 0 Å². The van der Waals surface area contributed by atoms with Crippen molar-refractivity contribution >= 4 is 16.8 Å². The molecule has 1 aromatic heterocycles. The van der Waals surface area contributed by atoms with Crippen molar-refractivity contribution in [3.05, 3.63) is 36.0 Å². The van der Waals surface area contributed by atoms with Gasteiger partial charge in [0.2, 0.25) is 5.91 Å². The van der Waals surface area contributed by atoms with Crippen LogP contribution < -0.4 is 5.32 Å². The van der Waals surface area contributed by atoms with Gasteiger partial charge in [0.15, 0.2) is 0 Å². The Labute approximate surface area is 120 Å². The molecule has 0 unspecified atom stereocenters. The Kier molecular flexibility index (Phi) is 5.18. The number of fused-ring (bicyclic) bond motifs is 1. The van der Waals surface area contributed by atoms with Gasteiger partial charge in [-0.15, -0.1) is 0 Å². The minimum atomic E-state index is 0.125. The quantitative estimate of drug-likeness (QED) is 0.812. The average molecular weight is 273 g/mol. The van der Waals surface area contributed by atoms with Crippen LogP contribution in [0, 0.1) is 0 Å². The van der Waals surface area contributed by atoms with E-state index in [2.05, 4.69) is 41.3 Å². The van der Waals surface area contributed by atoms with Crippen LogP contribution in [0.25, 0.3) is 10.9 Å². The minimum Gasteiger partial charge on any atom is -0.361 e. The summed E-state index contributed by atoms with van der Waals surface area (Å²) in [6.45, 7) is 4.73. The Bertz CT molecular complexity index is 562. The van der Waals surface area contributed by atoms with Crippen LogP contribution in [0.15, 0.2) is 30.5 Å². The zero-order valence-corrected chi connectivity index (χ0v) is 12.3. The van der Waals surface area contributed by atoms with Gasteiger partial charge in [0.1, 0.15) is 0 Å². The summed E-state index contributed by atoms with van der Waals surface area (Å²) in [6.07, 6.45) is 3.32. The number of H-pyrrole nitrogens is 1. The number of nitrogens with one attached hydrogen (secondary N) is 2. The summed E-state index contributed by atoms with van der Waals surface area (Å²) in [5.74, 6) is 0.125. The molecule has 108 valence electrons. The summed E-state index contributed by atoms with van der Waals surface area (Å²) in [5, 5.41) is 4.18. The lowest BCUT2D eigenvalue weighted by Crippen LogP contribution is -2.32. The molecule has 0 bridgehead atoms. The van der Waals surface area contributed by atoms with Gasteiger partial charge in [-0.25, -0.2) is 0 Å². The SMILES string of the molecule is CCN(C)CCNC(=O)CCc1c[nH]c2ccccc12. The molecule has 2 rings (SSSR count). The fraction of sp³-hybridized carbons (Fsp3) is 0.438. The number of nitrogens with zero attached hydrogens (tertiary/aromatic N) is 1. The summed E-state index contributed by atoms with van der Waals surface area (Å²) in [5.41, 5.74) is 2.34. The van der Waals surface area contributed by atoms with Gasteiger partial charge in [0.05, 0.1) is 0 Å². The summed E-state index contributed by atoms with van der Waals surface area (Å²) in [6, 6.07) is 8.19. The number of aromatic amines is 1. The van der Waals surface area contributed by atoms with E-state index in [0.29, 0.717) is 6.42 Å². The molecule has 0 saturated carbocycles. The predicted octanol–water partition coefficient (Wildman–Crippen LogP) is 2.17. The maximum atomic E-state index is 11.8. The van der Waals surface area contributed by atoms with Gasteiger partial charge in [-0.2, -0.15) is 0 Å². The lowest BCUT2D eigenvalue weighted by molar-refractivity contribution is -0.121. The smallest absolute Gasteiger partial charge is 0.220 e. The lowest BCUT2D eigenvalue weighted by Gasteiger charge is -2.13. The van der Waals surface area contributed by atoms with Gasteiger partial charge < -0.3 is 15.2 Å². The highest BCUT2D eigenvalue weighted by Crippen LogP contribution is 2.18. The van der Waals surface area contributed by atoms with E-state index >= 15 is 0 Å². The molecule has 1 amide bonds. The standard InChI is InChI=1S/C16H23N3O/c1-3-19(2)11-10-17-16(20)9-8-13-12-18-15-7-5-4-6-14(13)15/h4-7,12,18H,3,8-11H2,1-2H3,(H,17,20). The number of hydrogen-bond donors (Lipinski definition) is 2. The van der Waals surface area contributed by atoms with Crippen LogP contribution in [0.1, 0.15) is 18.9 Å². The zero-order valence-electron chi connectivity index (χ0n) is 12.3. The van der Waals surface area contributed by atoms with Crippen LogP contribution in [0.3, 0.4) is 0 Å². The summed E-state index contributed by atoms with van der Waals surface area (Å²) in [7, 11) is 2.05. The highest BCUT2D eigenvalue weighted by molar-refractivity contribution is 5.84. The monoisotopic (exact) mass is 273 g/mol. The van der Waals surface area contributed by atoms with Gasteiger partial charge in [-0.3, -0.25) is 4.79 Å². The number of aromatic nitrogens is 1. The third-order valence-electron chi connectivity index (χ3n) is 3.65. The number of carbonyl (C=O) groups is 1. The molecule has 0 radical (unpaired) electrons. The number of amides is 1. The Morgan fingerprint density at radius 1 is 1.35 bits per heavy atom. The van der Waals surface area contributed by atoms with Crippen LogP contribution in [0.4, 0.5) is 0 Å². The van der Waals surface area contributed by atoms with Gasteiger partial charge in [0.25, 0.3) is 0 Å². The maximum absolute atomic E-state index is 11.8. The van der Waals surface area contributed by atoms with E-state index in [0.717, 1.165) is 31.6 Å². The van der Waals surface area contributed by atoms with Gasteiger partial charge in [-0.1, -0.05) is 25.1 Å². The van der Waals surface area contributed by atoms with E-state index in [9.17, 15) is 4.79 Å². The topological polar surface area (TPSA) is 48.1 Å². The van der Waals surface area contributed by atoms with E-state index in [1.807, 2.05) is 18.3 Å². The molecule has 0 atom stereocenters. The Morgan fingerprint density at radius 2 is 2.15 bits per heavy atom. The molecular formula is C16H23N3O. The zero-order chi connectivity index (χ0) is 14.4. The molecule has 0 aliphatic heterocycles. The van der Waals surface area contributed by atoms with Crippen molar-refractivity contribution in [3.8, 4) is 0 Å². The molecule has 0 aliphatic rings. The van der Waals surface area contributed by atoms with E-state index < -0.39 is 0 Å². The first-order valence-electron chi connectivity index (χ1n) is 7.21. The van der Waals surface area contributed by atoms with Gasteiger partial charge in [0, 0.05) is 36.6 Å². The first kappa shape index (κ1) is 14.6. The molecule has 4 heteroatoms. The molecular weight excluding hydrogens is 250 g/mol. The highest BCUT2D eigenvalue weighted by atomic mass is 16.1. The van der Waals surface area contributed by atoms with Gasteiger partial charge >= 0.3 is 0 Å². The van der Waals surface area contributed by atoms with Crippen LogP contribution in [0.5, 0.6) is 0 Å². The molecule has 1 aromatic carbocycles. The van der Waals surface area contributed by atoms with Crippen molar-refractivity contribution in [3.63, 3.8) is 0 Å². The number of hydrogen-bond acceptors (Lipinski definition) is 2. The fourth-order valence-corrected chi connectivity index (χ4v) is 2.22.